The molecule has 2 aromatic rings. The quantitative estimate of drug-likeness (QED) is 0.872. The number of aromatic nitrogens is 1. The number of carbonyl (C=O) groups is 1. The van der Waals surface area contributed by atoms with Crippen LogP contribution in [0.5, 0.6) is 0 Å². The number of hydrogen-bond acceptors (Lipinski definition) is 3. The highest BCUT2D eigenvalue weighted by Crippen LogP contribution is 2.31. The molecule has 0 radical (unpaired) electrons. The van der Waals surface area contributed by atoms with Crippen molar-refractivity contribution in [2.45, 2.75) is 13.3 Å². The van der Waals surface area contributed by atoms with Crippen LogP contribution in [0.25, 0.3) is 10.9 Å². The molecule has 2 heterocycles. The highest BCUT2D eigenvalue weighted by atomic mass is 35.5. The number of halogens is 3. The molecule has 1 saturated heterocycles. The van der Waals surface area contributed by atoms with E-state index < -0.39 is 0 Å². The van der Waals surface area contributed by atoms with E-state index in [1.807, 2.05) is 17.0 Å². The van der Waals surface area contributed by atoms with E-state index in [-0.39, 0.29) is 36.1 Å². The summed E-state index contributed by atoms with van der Waals surface area (Å²) in [6.45, 7) is 4.15. The minimum atomic E-state index is 0. The summed E-state index contributed by atoms with van der Waals surface area (Å²) in [4.78, 5) is 19.0. The molecule has 1 aliphatic rings. The summed E-state index contributed by atoms with van der Waals surface area (Å²) in [5, 5.41) is 1.42. The van der Waals surface area contributed by atoms with Gasteiger partial charge in [-0.15, -0.1) is 24.8 Å². The van der Waals surface area contributed by atoms with E-state index >= 15 is 0 Å². The van der Waals surface area contributed by atoms with Gasteiger partial charge in [0.25, 0.3) is 5.91 Å². The maximum Gasteiger partial charge on any atom is 0.256 e. The number of amides is 1. The van der Waals surface area contributed by atoms with Crippen LogP contribution in [0, 0.1) is 5.41 Å². The van der Waals surface area contributed by atoms with Gasteiger partial charge in [-0.05, 0) is 42.6 Å². The van der Waals surface area contributed by atoms with Crippen LogP contribution in [0.4, 0.5) is 0 Å². The van der Waals surface area contributed by atoms with Crippen LogP contribution in [-0.4, -0.2) is 35.4 Å². The first-order valence-electron chi connectivity index (χ1n) is 7.07. The Kier molecular flexibility index (Phi) is 6.66. The second-order valence-corrected chi connectivity index (χ2v) is 6.39. The SMILES string of the molecule is CC1(CN)CCN(C(=O)c2ccc(Cl)c3cccnc23)C1.Cl.Cl. The van der Waals surface area contributed by atoms with Crippen LogP contribution in [-0.2, 0) is 0 Å². The molecule has 1 aromatic carbocycles. The molecule has 126 valence electrons. The molecule has 1 atom stereocenters. The topological polar surface area (TPSA) is 59.2 Å². The number of hydrogen-bond donors (Lipinski definition) is 1. The molecule has 23 heavy (non-hydrogen) atoms. The number of fused-ring (bicyclic) bond motifs is 1. The Labute approximate surface area is 153 Å². The molecule has 1 fully saturated rings. The Balaban J connectivity index is 0.00000132. The Morgan fingerprint density at radius 1 is 1.39 bits per heavy atom. The molecule has 1 unspecified atom stereocenters. The van der Waals surface area contributed by atoms with Gasteiger partial charge < -0.3 is 10.6 Å². The summed E-state index contributed by atoms with van der Waals surface area (Å²) in [6.07, 6.45) is 2.62. The van der Waals surface area contributed by atoms with Crippen LogP contribution < -0.4 is 5.73 Å². The van der Waals surface area contributed by atoms with Crippen molar-refractivity contribution in [2.75, 3.05) is 19.6 Å². The molecule has 0 aliphatic carbocycles. The standard InChI is InChI=1S/C16H18ClN3O.2ClH/c1-16(9-18)6-8-20(10-16)15(21)12-4-5-13(17)11-3-2-7-19-14(11)12;;/h2-5,7H,6,8-10,18H2,1H3;2*1H. The second-order valence-electron chi connectivity index (χ2n) is 5.99. The Bertz CT molecular complexity index is 710. The molecule has 1 aliphatic heterocycles. The van der Waals surface area contributed by atoms with Crippen molar-refractivity contribution in [1.29, 1.82) is 0 Å². The largest absolute Gasteiger partial charge is 0.338 e. The second kappa shape index (κ2) is 7.67. The highest BCUT2D eigenvalue weighted by Gasteiger charge is 2.35. The van der Waals surface area contributed by atoms with Crippen molar-refractivity contribution >= 4 is 53.2 Å². The zero-order chi connectivity index (χ0) is 15.0. The van der Waals surface area contributed by atoms with Gasteiger partial charge in [0.1, 0.15) is 0 Å². The van der Waals surface area contributed by atoms with Crippen LogP contribution in [0.15, 0.2) is 30.5 Å². The fraction of sp³-hybridized carbons (Fsp3) is 0.375. The van der Waals surface area contributed by atoms with Crippen molar-refractivity contribution in [3.63, 3.8) is 0 Å². The molecule has 0 saturated carbocycles. The van der Waals surface area contributed by atoms with E-state index in [4.69, 9.17) is 17.3 Å². The molecule has 0 bridgehead atoms. The predicted molar refractivity (Wildman–Crippen MR) is 98.9 cm³/mol. The van der Waals surface area contributed by atoms with Gasteiger partial charge in [-0.3, -0.25) is 9.78 Å². The number of likely N-dealkylation sites (tertiary alicyclic amines) is 1. The van der Waals surface area contributed by atoms with Crippen molar-refractivity contribution < 1.29 is 4.79 Å². The molecule has 7 heteroatoms. The summed E-state index contributed by atoms with van der Waals surface area (Å²) in [5.74, 6) is 0.00698. The summed E-state index contributed by atoms with van der Waals surface area (Å²) >= 11 is 6.18. The van der Waals surface area contributed by atoms with Crippen molar-refractivity contribution in [2.24, 2.45) is 11.1 Å². The van der Waals surface area contributed by atoms with Gasteiger partial charge in [0, 0.05) is 24.7 Å². The lowest BCUT2D eigenvalue weighted by atomic mass is 9.90. The van der Waals surface area contributed by atoms with Gasteiger partial charge in [-0.25, -0.2) is 0 Å². The maximum absolute atomic E-state index is 12.8. The minimum absolute atomic E-state index is 0. The Morgan fingerprint density at radius 2 is 2.13 bits per heavy atom. The first-order chi connectivity index (χ1) is 10.0. The van der Waals surface area contributed by atoms with Gasteiger partial charge in [0.05, 0.1) is 16.1 Å². The first kappa shape index (κ1) is 20.0. The molecule has 1 aromatic heterocycles. The monoisotopic (exact) mass is 375 g/mol. The van der Waals surface area contributed by atoms with E-state index in [0.717, 1.165) is 18.4 Å². The van der Waals surface area contributed by atoms with E-state index in [1.165, 1.54) is 0 Å². The fourth-order valence-electron chi connectivity index (χ4n) is 2.84. The van der Waals surface area contributed by atoms with E-state index in [0.29, 0.717) is 29.2 Å². The molecule has 4 nitrogen and oxygen atoms in total. The average Bonchev–Trinajstić information content (AvgIpc) is 2.91. The van der Waals surface area contributed by atoms with Gasteiger partial charge in [0.2, 0.25) is 0 Å². The van der Waals surface area contributed by atoms with E-state index in [9.17, 15) is 4.79 Å². The average molecular weight is 377 g/mol. The molecule has 0 spiro atoms. The normalized spacial score (nSPS) is 20.0. The van der Waals surface area contributed by atoms with Crippen LogP contribution in [0.3, 0.4) is 0 Å². The zero-order valence-electron chi connectivity index (χ0n) is 12.8. The van der Waals surface area contributed by atoms with Gasteiger partial charge in [-0.2, -0.15) is 0 Å². The summed E-state index contributed by atoms with van der Waals surface area (Å²) in [5.41, 5.74) is 7.10. The van der Waals surface area contributed by atoms with Crippen molar-refractivity contribution in [3.05, 3.63) is 41.0 Å². The van der Waals surface area contributed by atoms with Gasteiger partial charge >= 0.3 is 0 Å². The summed E-state index contributed by atoms with van der Waals surface area (Å²) in [6, 6.07) is 7.23. The number of benzene rings is 1. The van der Waals surface area contributed by atoms with Gasteiger partial charge in [0.15, 0.2) is 0 Å². The van der Waals surface area contributed by atoms with E-state index in [2.05, 4.69) is 11.9 Å². The third-order valence-corrected chi connectivity index (χ3v) is 4.61. The fourth-order valence-corrected chi connectivity index (χ4v) is 3.06. The summed E-state index contributed by atoms with van der Waals surface area (Å²) in [7, 11) is 0. The molecule has 3 rings (SSSR count). The lowest BCUT2D eigenvalue weighted by Crippen LogP contribution is -2.34. The number of carbonyl (C=O) groups excluding carboxylic acids is 1. The molecule has 1 amide bonds. The first-order valence-corrected chi connectivity index (χ1v) is 7.44. The smallest absolute Gasteiger partial charge is 0.256 e. The van der Waals surface area contributed by atoms with Crippen molar-refractivity contribution in [1.82, 2.24) is 9.88 Å². The predicted octanol–water partition coefficient (Wildman–Crippen LogP) is 3.54. The van der Waals surface area contributed by atoms with Crippen LogP contribution in [0.1, 0.15) is 23.7 Å². The lowest BCUT2D eigenvalue weighted by molar-refractivity contribution is 0.0778. The number of nitrogens with two attached hydrogens (primary N) is 1. The minimum Gasteiger partial charge on any atom is -0.338 e. The lowest BCUT2D eigenvalue weighted by Gasteiger charge is -2.23. The molecular weight excluding hydrogens is 357 g/mol. The third kappa shape index (κ3) is 3.72. The summed E-state index contributed by atoms with van der Waals surface area (Å²) < 4.78 is 0. The number of pyridine rings is 1. The van der Waals surface area contributed by atoms with Crippen LogP contribution >= 0.6 is 36.4 Å². The maximum atomic E-state index is 12.8. The van der Waals surface area contributed by atoms with Gasteiger partial charge in [-0.1, -0.05) is 18.5 Å². The Hall–Kier alpha value is -1.07. The zero-order valence-corrected chi connectivity index (χ0v) is 15.2. The highest BCUT2D eigenvalue weighted by molar-refractivity contribution is 6.36. The molecular formula is C16H20Cl3N3O. The van der Waals surface area contributed by atoms with E-state index in [1.54, 1.807) is 18.3 Å². The Morgan fingerprint density at radius 3 is 2.78 bits per heavy atom. The molecule has 2 N–H and O–H groups in total. The van der Waals surface area contributed by atoms with Crippen LogP contribution in [0.2, 0.25) is 5.02 Å². The number of nitrogens with zero attached hydrogens (tertiary/aromatic N) is 2. The van der Waals surface area contributed by atoms with Crippen molar-refractivity contribution in [3.8, 4) is 0 Å². The third-order valence-electron chi connectivity index (χ3n) is 4.28. The number of rotatable bonds is 2.